The van der Waals surface area contributed by atoms with Crippen molar-refractivity contribution in [3.63, 3.8) is 0 Å². The molecule has 22 heavy (non-hydrogen) atoms. The van der Waals surface area contributed by atoms with Crippen LogP contribution in [-0.2, 0) is 0 Å². The van der Waals surface area contributed by atoms with Crippen LogP contribution in [0.15, 0.2) is 24.3 Å². The van der Waals surface area contributed by atoms with Gasteiger partial charge in [0.25, 0.3) is 0 Å². The minimum Gasteiger partial charge on any atom is -0.497 e. The number of piperidine rings is 1. The van der Waals surface area contributed by atoms with Gasteiger partial charge in [-0.05, 0) is 50.6 Å². The number of likely N-dealkylation sites (tertiary alicyclic amines) is 2. The van der Waals surface area contributed by atoms with Crippen molar-refractivity contribution >= 4 is 0 Å². The van der Waals surface area contributed by atoms with E-state index in [1.54, 1.807) is 7.11 Å². The van der Waals surface area contributed by atoms with E-state index < -0.39 is 0 Å². The molecule has 0 aliphatic carbocycles. The third kappa shape index (κ3) is 3.73. The van der Waals surface area contributed by atoms with Gasteiger partial charge in [0.15, 0.2) is 0 Å². The second-order valence-electron chi connectivity index (χ2n) is 6.52. The molecule has 2 aliphatic heterocycles. The van der Waals surface area contributed by atoms with Gasteiger partial charge in [0.05, 0.1) is 7.11 Å². The van der Waals surface area contributed by atoms with Crippen LogP contribution in [-0.4, -0.2) is 61.8 Å². The highest BCUT2D eigenvalue weighted by molar-refractivity contribution is 5.31. The van der Waals surface area contributed by atoms with Gasteiger partial charge in [-0.15, -0.1) is 0 Å². The summed E-state index contributed by atoms with van der Waals surface area (Å²) in [6.07, 6.45) is 4.16. The summed E-state index contributed by atoms with van der Waals surface area (Å²) in [5.74, 6) is 1.79. The van der Waals surface area contributed by atoms with Gasteiger partial charge >= 0.3 is 0 Å². The van der Waals surface area contributed by atoms with Crippen molar-refractivity contribution in [2.24, 2.45) is 0 Å². The maximum atomic E-state index is 5.80. The summed E-state index contributed by atoms with van der Waals surface area (Å²) in [5.41, 5.74) is 0. The summed E-state index contributed by atoms with van der Waals surface area (Å²) < 4.78 is 11.0. The zero-order valence-corrected chi connectivity index (χ0v) is 13.8. The Labute approximate surface area is 134 Å². The van der Waals surface area contributed by atoms with Crippen molar-refractivity contribution in [3.05, 3.63) is 24.3 Å². The fourth-order valence-corrected chi connectivity index (χ4v) is 3.56. The van der Waals surface area contributed by atoms with Gasteiger partial charge < -0.3 is 9.47 Å². The molecule has 0 amide bonds. The zero-order valence-electron chi connectivity index (χ0n) is 13.8. The zero-order chi connectivity index (χ0) is 15.4. The average molecular weight is 304 g/mol. The van der Waals surface area contributed by atoms with E-state index in [9.17, 15) is 0 Å². The first kappa shape index (κ1) is 15.6. The summed E-state index contributed by atoms with van der Waals surface area (Å²) >= 11 is 0. The summed E-state index contributed by atoms with van der Waals surface area (Å²) in [5, 5.41) is 0. The summed E-state index contributed by atoms with van der Waals surface area (Å²) in [7, 11) is 1.68. The predicted octanol–water partition coefficient (Wildman–Crippen LogP) is 2.63. The van der Waals surface area contributed by atoms with Crippen molar-refractivity contribution in [2.45, 2.75) is 38.3 Å². The lowest BCUT2D eigenvalue weighted by Crippen LogP contribution is -2.62. The molecule has 0 radical (unpaired) electrons. The van der Waals surface area contributed by atoms with Crippen molar-refractivity contribution in [2.75, 3.05) is 39.9 Å². The van der Waals surface area contributed by atoms with Crippen LogP contribution in [0.4, 0.5) is 0 Å². The lowest BCUT2D eigenvalue weighted by atomic mass is 9.97. The second kappa shape index (κ2) is 7.34. The fourth-order valence-electron chi connectivity index (χ4n) is 3.56. The Bertz CT molecular complexity index is 457. The van der Waals surface area contributed by atoms with Crippen molar-refractivity contribution in [3.8, 4) is 11.5 Å². The van der Waals surface area contributed by atoms with Gasteiger partial charge in [-0.1, -0.05) is 6.42 Å². The van der Waals surface area contributed by atoms with E-state index >= 15 is 0 Å². The van der Waals surface area contributed by atoms with Gasteiger partial charge in [0, 0.05) is 31.7 Å². The van der Waals surface area contributed by atoms with E-state index in [2.05, 4.69) is 16.7 Å². The smallest absolute Gasteiger partial charge is 0.119 e. The highest BCUT2D eigenvalue weighted by atomic mass is 16.5. The highest BCUT2D eigenvalue weighted by Crippen LogP contribution is 2.24. The number of methoxy groups -OCH3 is 1. The first-order chi connectivity index (χ1) is 10.8. The quantitative estimate of drug-likeness (QED) is 0.806. The van der Waals surface area contributed by atoms with Crippen molar-refractivity contribution < 1.29 is 9.47 Å². The molecule has 4 heteroatoms. The summed E-state index contributed by atoms with van der Waals surface area (Å²) in [6.45, 7) is 7.86. The average Bonchev–Trinajstić information content (AvgIpc) is 2.51. The Morgan fingerprint density at radius 2 is 1.82 bits per heavy atom. The van der Waals surface area contributed by atoms with Crippen LogP contribution in [0, 0.1) is 0 Å². The predicted molar refractivity (Wildman–Crippen MR) is 88.7 cm³/mol. The largest absolute Gasteiger partial charge is 0.497 e. The second-order valence-corrected chi connectivity index (χ2v) is 6.52. The maximum Gasteiger partial charge on any atom is 0.119 e. The molecule has 0 unspecified atom stereocenters. The molecule has 2 aliphatic rings. The first-order valence-electron chi connectivity index (χ1n) is 8.51. The Kier molecular flexibility index (Phi) is 5.21. The molecule has 0 bridgehead atoms. The number of hydrogen-bond donors (Lipinski definition) is 0. The SMILES string of the molecule is COc1ccc(OCCN2CC(N3CCCC[C@@H]3C)C2)cc1. The number of hydrogen-bond acceptors (Lipinski definition) is 4. The molecule has 2 fully saturated rings. The highest BCUT2D eigenvalue weighted by Gasteiger charge is 2.34. The monoisotopic (exact) mass is 304 g/mol. The Hall–Kier alpha value is -1.26. The number of benzene rings is 1. The maximum absolute atomic E-state index is 5.80. The molecule has 122 valence electrons. The molecule has 1 aromatic carbocycles. The molecule has 2 heterocycles. The Balaban J connectivity index is 1.34. The first-order valence-corrected chi connectivity index (χ1v) is 8.51. The van der Waals surface area contributed by atoms with Gasteiger partial charge in [-0.25, -0.2) is 0 Å². The lowest BCUT2D eigenvalue weighted by molar-refractivity contribution is -0.00692. The molecule has 0 aromatic heterocycles. The van der Waals surface area contributed by atoms with Crippen LogP contribution in [0.3, 0.4) is 0 Å². The molecule has 0 N–H and O–H groups in total. The van der Waals surface area contributed by atoms with E-state index in [1.165, 1.54) is 38.9 Å². The molecule has 1 atom stereocenters. The van der Waals surface area contributed by atoms with Gasteiger partial charge in [-0.3, -0.25) is 9.80 Å². The lowest BCUT2D eigenvalue weighted by Gasteiger charge is -2.49. The number of nitrogens with zero attached hydrogens (tertiary/aromatic N) is 2. The molecule has 2 saturated heterocycles. The molecule has 0 spiro atoms. The molecule has 4 nitrogen and oxygen atoms in total. The molecular weight excluding hydrogens is 276 g/mol. The minimum absolute atomic E-state index is 0.759. The minimum atomic E-state index is 0.759. The van der Waals surface area contributed by atoms with E-state index in [1.807, 2.05) is 24.3 Å². The third-order valence-corrected chi connectivity index (χ3v) is 5.00. The van der Waals surface area contributed by atoms with Crippen LogP contribution in [0.5, 0.6) is 11.5 Å². The van der Waals surface area contributed by atoms with Gasteiger partial charge in [0.1, 0.15) is 18.1 Å². The molecular formula is C18H28N2O2. The third-order valence-electron chi connectivity index (χ3n) is 5.00. The Morgan fingerprint density at radius 1 is 1.09 bits per heavy atom. The Morgan fingerprint density at radius 3 is 2.50 bits per heavy atom. The number of rotatable bonds is 6. The van der Waals surface area contributed by atoms with Gasteiger partial charge in [0.2, 0.25) is 0 Å². The van der Waals surface area contributed by atoms with Crippen LogP contribution in [0.2, 0.25) is 0 Å². The van der Waals surface area contributed by atoms with E-state index in [4.69, 9.17) is 9.47 Å². The standard InChI is InChI=1S/C18H28N2O2/c1-15-5-3-4-10-20(15)16-13-19(14-16)11-12-22-18-8-6-17(21-2)7-9-18/h6-9,15-16H,3-5,10-14H2,1-2H3/t15-/m0/s1. The molecule has 0 saturated carbocycles. The molecule has 3 rings (SSSR count). The normalized spacial score (nSPS) is 24.0. The topological polar surface area (TPSA) is 24.9 Å². The fraction of sp³-hybridized carbons (Fsp3) is 0.667. The van der Waals surface area contributed by atoms with Crippen molar-refractivity contribution in [1.82, 2.24) is 9.80 Å². The van der Waals surface area contributed by atoms with E-state index in [0.717, 1.165) is 36.7 Å². The summed E-state index contributed by atoms with van der Waals surface area (Å²) in [6, 6.07) is 9.35. The summed E-state index contributed by atoms with van der Waals surface area (Å²) in [4.78, 5) is 5.21. The van der Waals surface area contributed by atoms with Crippen LogP contribution >= 0.6 is 0 Å². The number of ether oxygens (including phenoxy) is 2. The van der Waals surface area contributed by atoms with Crippen molar-refractivity contribution in [1.29, 1.82) is 0 Å². The van der Waals surface area contributed by atoms with Crippen LogP contribution < -0.4 is 9.47 Å². The van der Waals surface area contributed by atoms with E-state index in [0.29, 0.717) is 0 Å². The molecule has 1 aromatic rings. The van der Waals surface area contributed by atoms with Gasteiger partial charge in [-0.2, -0.15) is 0 Å². The van der Waals surface area contributed by atoms with Crippen LogP contribution in [0.25, 0.3) is 0 Å². The van der Waals surface area contributed by atoms with Crippen LogP contribution in [0.1, 0.15) is 26.2 Å². The van der Waals surface area contributed by atoms with E-state index in [-0.39, 0.29) is 0 Å².